The number of hydrogen-bond acceptors (Lipinski definition) is 1. The zero-order valence-corrected chi connectivity index (χ0v) is 12.1. The first kappa shape index (κ1) is 13.4. The Morgan fingerprint density at radius 2 is 1.88 bits per heavy atom. The molecule has 2 fully saturated rings. The predicted octanol–water partition coefficient (Wildman–Crippen LogP) is 4.37. The molecule has 1 aliphatic carbocycles. The Morgan fingerprint density at radius 3 is 2.41 bits per heavy atom. The van der Waals surface area contributed by atoms with Crippen LogP contribution in [0.4, 0.5) is 0 Å². The molecule has 1 heteroatoms. The van der Waals surface area contributed by atoms with Crippen molar-refractivity contribution in [2.45, 2.75) is 77.7 Å². The van der Waals surface area contributed by atoms with Gasteiger partial charge in [0.25, 0.3) is 0 Å². The molecule has 1 nitrogen and oxygen atoms in total. The van der Waals surface area contributed by atoms with Gasteiger partial charge < -0.3 is 5.32 Å². The molecule has 17 heavy (non-hydrogen) atoms. The Morgan fingerprint density at radius 1 is 1.18 bits per heavy atom. The molecule has 1 aliphatic heterocycles. The number of hydrogen-bond donors (Lipinski definition) is 1. The molecule has 2 rings (SSSR count). The lowest BCUT2D eigenvalue weighted by Gasteiger charge is -2.37. The molecule has 0 amide bonds. The Kier molecular flexibility index (Phi) is 4.52. The van der Waals surface area contributed by atoms with E-state index in [1.807, 2.05) is 0 Å². The maximum atomic E-state index is 3.86. The lowest BCUT2D eigenvalue weighted by molar-refractivity contribution is 0.190. The quantitative estimate of drug-likeness (QED) is 0.765. The van der Waals surface area contributed by atoms with E-state index in [9.17, 15) is 0 Å². The highest BCUT2D eigenvalue weighted by molar-refractivity contribution is 4.95. The summed E-state index contributed by atoms with van der Waals surface area (Å²) in [5.74, 6) is 2.84. The maximum Gasteiger partial charge on any atom is 0.0187 e. The largest absolute Gasteiger partial charge is 0.311 e. The fourth-order valence-electron chi connectivity index (χ4n) is 4.17. The highest BCUT2D eigenvalue weighted by atomic mass is 15.0. The summed E-state index contributed by atoms with van der Waals surface area (Å²) < 4.78 is 0. The smallest absolute Gasteiger partial charge is 0.0187 e. The van der Waals surface area contributed by atoms with Crippen molar-refractivity contribution >= 4 is 0 Å². The van der Waals surface area contributed by atoms with Crippen LogP contribution in [0.3, 0.4) is 0 Å². The van der Waals surface area contributed by atoms with Gasteiger partial charge in [-0.2, -0.15) is 0 Å². The summed E-state index contributed by atoms with van der Waals surface area (Å²) in [7, 11) is 0. The van der Waals surface area contributed by atoms with Gasteiger partial charge in [-0.05, 0) is 50.0 Å². The summed E-state index contributed by atoms with van der Waals surface area (Å²) in [6.45, 7) is 8.44. The summed E-state index contributed by atoms with van der Waals surface area (Å²) in [6, 6.07) is 0. The summed E-state index contributed by atoms with van der Waals surface area (Å²) in [4.78, 5) is 0. The summed E-state index contributed by atoms with van der Waals surface area (Å²) >= 11 is 0. The van der Waals surface area contributed by atoms with Crippen molar-refractivity contribution in [2.24, 2.45) is 17.8 Å². The highest BCUT2D eigenvalue weighted by Crippen LogP contribution is 2.39. The molecule has 1 saturated carbocycles. The van der Waals surface area contributed by atoms with E-state index in [0.717, 1.165) is 17.8 Å². The molecular weight excluding hydrogens is 206 g/mol. The average molecular weight is 237 g/mol. The highest BCUT2D eigenvalue weighted by Gasteiger charge is 2.36. The molecular formula is C16H31N. The SMILES string of the molecule is CC(C)CC1(CC2CCC(C)CC2)CCCN1. The van der Waals surface area contributed by atoms with Crippen LogP contribution in [0.15, 0.2) is 0 Å². The van der Waals surface area contributed by atoms with E-state index >= 15 is 0 Å². The second-order valence-electron chi connectivity index (χ2n) is 7.24. The van der Waals surface area contributed by atoms with Crippen LogP contribution >= 0.6 is 0 Å². The zero-order chi connectivity index (χ0) is 12.3. The van der Waals surface area contributed by atoms with Crippen molar-refractivity contribution in [3.8, 4) is 0 Å². The van der Waals surface area contributed by atoms with Crippen LogP contribution in [0, 0.1) is 17.8 Å². The van der Waals surface area contributed by atoms with Gasteiger partial charge in [0.15, 0.2) is 0 Å². The Balaban J connectivity index is 1.89. The molecule has 0 aromatic carbocycles. The first-order valence-electron chi connectivity index (χ1n) is 7.85. The van der Waals surface area contributed by atoms with Gasteiger partial charge in [0.05, 0.1) is 0 Å². The minimum atomic E-state index is 0.513. The summed E-state index contributed by atoms with van der Waals surface area (Å²) in [5, 5.41) is 3.86. The Labute approximate surface area is 108 Å². The minimum Gasteiger partial charge on any atom is -0.311 e. The third kappa shape index (κ3) is 3.71. The first-order valence-corrected chi connectivity index (χ1v) is 7.85. The van der Waals surface area contributed by atoms with Crippen molar-refractivity contribution in [3.63, 3.8) is 0 Å². The molecule has 1 unspecified atom stereocenters. The van der Waals surface area contributed by atoms with Crippen LogP contribution in [-0.4, -0.2) is 12.1 Å². The molecule has 0 aromatic heterocycles. The molecule has 0 bridgehead atoms. The lowest BCUT2D eigenvalue weighted by Crippen LogP contribution is -2.43. The molecule has 0 radical (unpaired) electrons. The Hall–Kier alpha value is -0.0400. The molecule has 1 N–H and O–H groups in total. The monoisotopic (exact) mass is 237 g/mol. The third-order valence-corrected chi connectivity index (χ3v) is 4.95. The van der Waals surface area contributed by atoms with Gasteiger partial charge in [0, 0.05) is 5.54 Å². The van der Waals surface area contributed by atoms with E-state index in [4.69, 9.17) is 0 Å². The standard InChI is InChI=1S/C16H31N/c1-13(2)11-16(9-4-10-17-16)12-15-7-5-14(3)6-8-15/h13-15,17H,4-12H2,1-3H3. The molecule has 0 spiro atoms. The lowest BCUT2D eigenvalue weighted by atomic mass is 9.73. The minimum absolute atomic E-state index is 0.513. The molecule has 100 valence electrons. The predicted molar refractivity (Wildman–Crippen MR) is 75.2 cm³/mol. The number of nitrogens with one attached hydrogen (secondary N) is 1. The van der Waals surface area contributed by atoms with Gasteiger partial charge in [-0.3, -0.25) is 0 Å². The van der Waals surface area contributed by atoms with E-state index in [0.29, 0.717) is 5.54 Å². The van der Waals surface area contributed by atoms with Crippen LogP contribution in [-0.2, 0) is 0 Å². The van der Waals surface area contributed by atoms with Crippen LogP contribution in [0.25, 0.3) is 0 Å². The fraction of sp³-hybridized carbons (Fsp3) is 1.00. The molecule has 1 saturated heterocycles. The van der Waals surface area contributed by atoms with E-state index in [1.54, 1.807) is 0 Å². The second kappa shape index (κ2) is 5.73. The van der Waals surface area contributed by atoms with Gasteiger partial charge in [0.2, 0.25) is 0 Å². The van der Waals surface area contributed by atoms with Crippen molar-refractivity contribution in [1.29, 1.82) is 0 Å². The van der Waals surface area contributed by atoms with Crippen LogP contribution in [0.2, 0.25) is 0 Å². The topological polar surface area (TPSA) is 12.0 Å². The summed E-state index contributed by atoms with van der Waals surface area (Å²) in [5.41, 5.74) is 0.513. The van der Waals surface area contributed by atoms with Crippen LogP contribution < -0.4 is 5.32 Å². The molecule has 0 aromatic rings. The molecule has 1 atom stereocenters. The fourth-order valence-corrected chi connectivity index (χ4v) is 4.17. The van der Waals surface area contributed by atoms with Crippen molar-refractivity contribution < 1.29 is 0 Å². The summed E-state index contributed by atoms with van der Waals surface area (Å²) in [6.07, 6.45) is 11.6. The van der Waals surface area contributed by atoms with Crippen molar-refractivity contribution in [1.82, 2.24) is 5.32 Å². The van der Waals surface area contributed by atoms with Gasteiger partial charge in [-0.15, -0.1) is 0 Å². The van der Waals surface area contributed by atoms with Crippen LogP contribution in [0.5, 0.6) is 0 Å². The first-order chi connectivity index (χ1) is 8.10. The van der Waals surface area contributed by atoms with E-state index < -0.39 is 0 Å². The van der Waals surface area contributed by atoms with Gasteiger partial charge in [-0.25, -0.2) is 0 Å². The Bertz CT molecular complexity index is 220. The third-order valence-electron chi connectivity index (χ3n) is 4.95. The molecule has 1 heterocycles. The van der Waals surface area contributed by atoms with Crippen molar-refractivity contribution in [3.05, 3.63) is 0 Å². The zero-order valence-electron chi connectivity index (χ0n) is 12.1. The van der Waals surface area contributed by atoms with Crippen LogP contribution in [0.1, 0.15) is 72.1 Å². The average Bonchev–Trinajstić information content (AvgIpc) is 2.69. The number of rotatable bonds is 4. The van der Waals surface area contributed by atoms with Gasteiger partial charge >= 0.3 is 0 Å². The van der Waals surface area contributed by atoms with E-state index in [-0.39, 0.29) is 0 Å². The van der Waals surface area contributed by atoms with E-state index in [1.165, 1.54) is 57.9 Å². The van der Waals surface area contributed by atoms with Gasteiger partial charge in [0.1, 0.15) is 0 Å². The maximum absolute atomic E-state index is 3.86. The molecule has 2 aliphatic rings. The normalized spacial score (nSPS) is 38.8. The second-order valence-corrected chi connectivity index (χ2v) is 7.24. The van der Waals surface area contributed by atoms with E-state index in [2.05, 4.69) is 26.1 Å². The van der Waals surface area contributed by atoms with Crippen molar-refractivity contribution in [2.75, 3.05) is 6.54 Å². The van der Waals surface area contributed by atoms with Gasteiger partial charge in [-0.1, -0.05) is 46.5 Å².